The summed E-state index contributed by atoms with van der Waals surface area (Å²) in [4.78, 5) is 17.7. The lowest BCUT2D eigenvalue weighted by Crippen LogP contribution is -2.37. The van der Waals surface area contributed by atoms with Crippen molar-refractivity contribution in [1.82, 2.24) is 9.88 Å². The lowest BCUT2D eigenvalue weighted by Gasteiger charge is -2.30. The van der Waals surface area contributed by atoms with E-state index in [-0.39, 0.29) is 17.6 Å². The van der Waals surface area contributed by atoms with Crippen LogP contribution in [0, 0.1) is 5.82 Å². The minimum Gasteiger partial charge on any atom is -0.445 e. The smallest absolute Gasteiger partial charge is 0.219 e. The standard InChI is InChI=1S/C17H19FN2O2/c1-12(21)20-8-4-6-14(11-20)17-19-10-15(22-17)9-13-5-2-3-7-16(13)18/h2-3,5,7,10,14H,4,6,8-9,11H2,1H3/t14-/m0/s1. The van der Waals surface area contributed by atoms with Gasteiger partial charge in [0, 0.05) is 26.4 Å². The highest BCUT2D eigenvalue weighted by atomic mass is 19.1. The largest absolute Gasteiger partial charge is 0.445 e. The maximum Gasteiger partial charge on any atom is 0.219 e. The first-order valence-corrected chi connectivity index (χ1v) is 7.57. The zero-order valence-corrected chi connectivity index (χ0v) is 12.6. The Kier molecular flexibility index (Phi) is 4.22. The summed E-state index contributed by atoms with van der Waals surface area (Å²) in [6.45, 7) is 3.03. The summed E-state index contributed by atoms with van der Waals surface area (Å²) in [7, 11) is 0. The van der Waals surface area contributed by atoms with Gasteiger partial charge in [-0.25, -0.2) is 9.37 Å². The fourth-order valence-electron chi connectivity index (χ4n) is 2.89. The van der Waals surface area contributed by atoms with Crippen LogP contribution in [0.5, 0.6) is 0 Å². The predicted molar refractivity (Wildman–Crippen MR) is 79.9 cm³/mol. The van der Waals surface area contributed by atoms with Crippen molar-refractivity contribution in [2.24, 2.45) is 0 Å². The molecule has 1 atom stereocenters. The molecule has 116 valence electrons. The first-order chi connectivity index (χ1) is 10.6. The summed E-state index contributed by atoms with van der Waals surface area (Å²) in [5.74, 6) is 1.29. The van der Waals surface area contributed by atoms with Gasteiger partial charge in [-0.05, 0) is 24.5 Å². The zero-order valence-electron chi connectivity index (χ0n) is 12.6. The highest BCUT2D eigenvalue weighted by Crippen LogP contribution is 2.27. The molecule has 0 aliphatic carbocycles. The van der Waals surface area contributed by atoms with E-state index in [1.54, 1.807) is 25.3 Å². The monoisotopic (exact) mass is 302 g/mol. The molecule has 4 nitrogen and oxygen atoms in total. The average Bonchev–Trinajstić information content (AvgIpc) is 2.98. The van der Waals surface area contributed by atoms with E-state index < -0.39 is 0 Å². The molecule has 1 aliphatic rings. The van der Waals surface area contributed by atoms with Crippen LogP contribution in [0.25, 0.3) is 0 Å². The van der Waals surface area contributed by atoms with Crippen molar-refractivity contribution in [3.05, 3.63) is 53.5 Å². The lowest BCUT2D eigenvalue weighted by atomic mass is 9.98. The molecule has 1 saturated heterocycles. The van der Waals surface area contributed by atoms with Crippen molar-refractivity contribution in [3.8, 4) is 0 Å². The number of amides is 1. The highest BCUT2D eigenvalue weighted by molar-refractivity contribution is 5.73. The third-order valence-corrected chi connectivity index (χ3v) is 4.11. The van der Waals surface area contributed by atoms with Gasteiger partial charge in [-0.15, -0.1) is 0 Å². The number of carbonyl (C=O) groups excluding carboxylic acids is 1. The van der Waals surface area contributed by atoms with Gasteiger partial charge in [0.25, 0.3) is 0 Å². The van der Waals surface area contributed by atoms with E-state index >= 15 is 0 Å². The Labute approximate surface area is 129 Å². The Morgan fingerprint density at radius 1 is 1.45 bits per heavy atom. The van der Waals surface area contributed by atoms with Crippen LogP contribution in [0.15, 0.2) is 34.9 Å². The number of rotatable bonds is 3. The minimum atomic E-state index is -0.235. The van der Waals surface area contributed by atoms with E-state index in [9.17, 15) is 9.18 Å². The number of likely N-dealkylation sites (tertiary alicyclic amines) is 1. The molecule has 1 aromatic heterocycles. The van der Waals surface area contributed by atoms with Crippen molar-refractivity contribution >= 4 is 5.91 Å². The van der Waals surface area contributed by atoms with E-state index in [1.807, 2.05) is 11.0 Å². The molecular formula is C17H19FN2O2. The van der Waals surface area contributed by atoms with Gasteiger partial charge in [-0.2, -0.15) is 0 Å². The van der Waals surface area contributed by atoms with Crippen molar-refractivity contribution in [2.45, 2.75) is 32.1 Å². The molecular weight excluding hydrogens is 283 g/mol. The molecule has 1 fully saturated rings. The molecule has 0 bridgehead atoms. The molecule has 1 amide bonds. The fourth-order valence-corrected chi connectivity index (χ4v) is 2.89. The summed E-state index contributed by atoms with van der Waals surface area (Å²) in [5, 5.41) is 0. The summed E-state index contributed by atoms with van der Waals surface area (Å²) in [5.41, 5.74) is 0.596. The average molecular weight is 302 g/mol. The maximum atomic E-state index is 13.7. The molecule has 5 heteroatoms. The number of hydrogen-bond acceptors (Lipinski definition) is 3. The van der Waals surface area contributed by atoms with Gasteiger partial charge >= 0.3 is 0 Å². The summed E-state index contributed by atoms with van der Waals surface area (Å²) in [6.07, 6.45) is 3.97. The van der Waals surface area contributed by atoms with Crippen molar-refractivity contribution in [3.63, 3.8) is 0 Å². The van der Waals surface area contributed by atoms with E-state index in [0.29, 0.717) is 30.2 Å². The van der Waals surface area contributed by atoms with E-state index in [2.05, 4.69) is 4.98 Å². The number of nitrogens with zero attached hydrogens (tertiary/aromatic N) is 2. The number of aromatic nitrogens is 1. The molecule has 2 heterocycles. The lowest BCUT2D eigenvalue weighted by molar-refractivity contribution is -0.130. The SMILES string of the molecule is CC(=O)N1CCC[C@H](c2ncc(Cc3ccccc3F)o2)C1. The normalized spacial score (nSPS) is 18.5. The third-order valence-electron chi connectivity index (χ3n) is 4.11. The number of oxazole rings is 1. The van der Waals surface area contributed by atoms with Crippen LogP contribution >= 0.6 is 0 Å². The summed E-state index contributed by atoms with van der Waals surface area (Å²) in [6, 6.07) is 6.67. The number of halogens is 1. The van der Waals surface area contributed by atoms with Gasteiger partial charge in [0.05, 0.1) is 12.1 Å². The first-order valence-electron chi connectivity index (χ1n) is 7.57. The van der Waals surface area contributed by atoms with Gasteiger partial charge in [-0.1, -0.05) is 18.2 Å². The molecule has 1 aromatic carbocycles. The molecule has 22 heavy (non-hydrogen) atoms. The van der Waals surface area contributed by atoms with Gasteiger partial charge < -0.3 is 9.32 Å². The molecule has 0 radical (unpaired) electrons. The topological polar surface area (TPSA) is 46.3 Å². The highest BCUT2D eigenvalue weighted by Gasteiger charge is 2.26. The fraction of sp³-hybridized carbons (Fsp3) is 0.412. The molecule has 1 aliphatic heterocycles. The molecule has 0 N–H and O–H groups in total. The second-order valence-electron chi connectivity index (χ2n) is 5.74. The summed E-state index contributed by atoms with van der Waals surface area (Å²) < 4.78 is 19.5. The van der Waals surface area contributed by atoms with Crippen LogP contribution in [-0.2, 0) is 11.2 Å². The molecule has 0 spiro atoms. The Morgan fingerprint density at radius 3 is 3.05 bits per heavy atom. The van der Waals surface area contributed by atoms with Crippen molar-refractivity contribution in [1.29, 1.82) is 0 Å². The minimum absolute atomic E-state index is 0.0860. The molecule has 0 saturated carbocycles. The molecule has 3 rings (SSSR count). The Balaban J connectivity index is 1.71. The van der Waals surface area contributed by atoms with Gasteiger partial charge in [0.1, 0.15) is 11.6 Å². The van der Waals surface area contributed by atoms with Crippen LogP contribution in [0.4, 0.5) is 4.39 Å². The van der Waals surface area contributed by atoms with E-state index in [0.717, 1.165) is 19.4 Å². The summed E-state index contributed by atoms with van der Waals surface area (Å²) >= 11 is 0. The number of carbonyl (C=O) groups is 1. The van der Waals surface area contributed by atoms with Crippen LogP contribution in [0.1, 0.15) is 42.9 Å². The van der Waals surface area contributed by atoms with Gasteiger partial charge in [0.2, 0.25) is 5.91 Å². The Hall–Kier alpha value is -2.17. The quantitative estimate of drug-likeness (QED) is 0.875. The number of piperidine rings is 1. The molecule has 0 unspecified atom stereocenters. The maximum absolute atomic E-state index is 13.7. The predicted octanol–water partition coefficient (Wildman–Crippen LogP) is 3.13. The van der Waals surface area contributed by atoms with Gasteiger partial charge in [-0.3, -0.25) is 4.79 Å². The van der Waals surface area contributed by atoms with Gasteiger partial charge in [0.15, 0.2) is 5.89 Å². The third kappa shape index (κ3) is 3.18. The van der Waals surface area contributed by atoms with Crippen molar-refractivity contribution in [2.75, 3.05) is 13.1 Å². The van der Waals surface area contributed by atoms with Crippen LogP contribution in [-0.4, -0.2) is 28.9 Å². The van der Waals surface area contributed by atoms with Crippen LogP contribution < -0.4 is 0 Å². The number of hydrogen-bond donors (Lipinski definition) is 0. The second kappa shape index (κ2) is 6.30. The second-order valence-corrected chi connectivity index (χ2v) is 5.74. The van der Waals surface area contributed by atoms with Crippen LogP contribution in [0.3, 0.4) is 0 Å². The number of benzene rings is 1. The van der Waals surface area contributed by atoms with E-state index in [4.69, 9.17) is 4.42 Å². The first kappa shape index (κ1) is 14.8. The zero-order chi connectivity index (χ0) is 15.5. The van der Waals surface area contributed by atoms with Crippen molar-refractivity contribution < 1.29 is 13.6 Å². The Morgan fingerprint density at radius 2 is 2.27 bits per heavy atom. The molecule has 2 aromatic rings. The Bertz CT molecular complexity index is 668. The van der Waals surface area contributed by atoms with E-state index in [1.165, 1.54) is 6.07 Å². The van der Waals surface area contributed by atoms with Crippen LogP contribution in [0.2, 0.25) is 0 Å².